The van der Waals surface area contributed by atoms with Crippen molar-refractivity contribution in [2.45, 2.75) is 32.9 Å². The minimum atomic E-state index is -0.0437. The number of hydrogen-bond donors (Lipinski definition) is 1. The van der Waals surface area contributed by atoms with Crippen LogP contribution in [0.4, 0.5) is 5.13 Å². The Balaban J connectivity index is 1.70. The van der Waals surface area contributed by atoms with Crippen molar-refractivity contribution in [1.82, 2.24) is 19.7 Å². The molecule has 130 valence electrons. The maximum absolute atomic E-state index is 12.9. The lowest BCUT2D eigenvalue weighted by Gasteiger charge is -2.23. The number of aryl methyl sites for hydroxylation is 1. The molecule has 1 saturated heterocycles. The quantitative estimate of drug-likeness (QED) is 0.894. The number of anilines is 1. The van der Waals surface area contributed by atoms with Gasteiger partial charge >= 0.3 is 0 Å². The van der Waals surface area contributed by atoms with Gasteiger partial charge in [0.1, 0.15) is 4.88 Å². The molecule has 0 bridgehead atoms. The molecule has 1 aliphatic heterocycles. The Kier molecular flexibility index (Phi) is 5.47. The van der Waals surface area contributed by atoms with E-state index in [1.807, 2.05) is 35.7 Å². The first kappa shape index (κ1) is 16.9. The number of rotatable bonds is 5. The summed E-state index contributed by atoms with van der Waals surface area (Å²) < 4.78 is 7.73. The molecule has 2 aromatic rings. The molecule has 3 rings (SSSR count). The lowest BCUT2D eigenvalue weighted by atomic mass is 10.2. The standard InChI is InChI=1S/C16H23N5O2S/c1-3-17-16-19-12(2)14(24-16)15(22)20-7-5-9-23-13(10-20)11-21-8-4-6-18-21/h4,6,8,13H,3,5,7,9-11H2,1-2H3,(H,17,19)/t13-/m0/s1. The van der Waals surface area contributed by atoms with E-state index >= 15 is 0 Å². The van der Waals surface area contributed by atoms with Crippen LogP contribution < -0.4 is 5.32 Å². The Morgan fingerprint density at radius 1 is 1.54 bits per heavy atom. The SMILES string of the molecule is CCNc1nc(C)c(C(=O)N2CCCO[C@H](Cn3cccn3)C2)s1. The second kappa shape index (κ2) is 7.76. The number of amides is 1. The lowest BCUT2D eigenvalue weighted by Crippen LogP contribution is -2.38. The van der Waals surface area contributed by atoms with Gasteiger partial charge in [0, 0.05) is 38.6 Å². The summed E-state index contributed by atoms with van der Waals surface area (Å²) in [6, 6.07) is 1.89. The number of ether oxygens (including phenoxy) is 1. The van der Waals surface area contributed by atoms with Crippen molar-refractivity contribution in [3.63, 3.8) is 0 Å². The van der Waals surface area contributed by atoms with Crippen LogP contribution in [0.5, 0.6) is 0 Å². The van der Waals surface area contributed by atoms with E-state index in [2.05, 4.69) is 15.4 Å². The molecule has 24 heavy (non-hydrogen) atoms. The van der Waals surface area contributed by atoms with Crippen LogP contribution in [0.1, 0.15) is 28.7 Å². The molecule has 0 spiro atoms. The summed E-state index contributed by atoms with van der Waals surface area (Å²) in [5.41, 5.74) is 0.787. The van der Waals surface area contributed by atoms with Gasteiger partial charge in [-0.3, -0.25) is 9.48 Å². The van der Waals surface area contributed by atoms with Crippen LogP contribution in [0.25, 0.3) is 0 Å². The van der Waals surface area contributed by atoms with E-state index in [0.29, 0.717) is 31.1 Å². The molecule has 1 N–H and O–H groups in total. The molecule has 0 aromatic carbocycles. The first-order chi connectivity index (χ1) is 11.7. The number of aromatic nitrogens is 3. The second-order valence-corrected chi connectivity index (χ2v) is 6.79. The number of carbonyl (C=O) groups is 1. The van der Waals surface area contributed by atoms with Crippen LogP contribution in [0.2, 0.25) is 0 Å². The topological polar surface area (TPSA) is 72.3 Å². The average Bonchev–Trinajstić information content (AvgIpc) is 3.12. The van der Waals surface area contributed by atoms with Gasteiger partial charge in [-0.15, -0.1) is 0 Å². The van der Waals surface area contributed by atoms with Crippen molar-refractivity contribution in [3.8, 4) is 0 Å². The molecule has 3 heterocycles. The van der Waals surface area contributed by atoms with Crippen molar-refractivity contribution >= 4 is 22.4 Å². The third-order valence-corrected chi connectivity index (χ3v) is 5.01. The Labute approximate surface area is 145 Å². The molecule has 0 aliphatic carbocycles. The highest BCUT2D eigenvalue weighted by Crippen LogP contribution is 2.24. The minimum absolute atomic E-state index is 0.0437. The Bertz CT molecular complexity index is 670. The summed E-state index contributed by atoms with van der Waals surface area (Å²) in [6.45, 7) is 7.31. The zero-order valence-electron chi connectivity index (χ0n) is 14.1. The maximum Gasteiger partial charge on any atom is 0.266 e. The van der Waals surface area contributed by atoms with Crippen molar-refractivity contribution in [3.05, 3.63) is 29.0 Å². The van der Waals surface area contributed by atoms with E-state index in [1.165, 1.54) is 11.3 Å². The van der Waals surface area contributed by atoms with Gasteiger partial charge in [0.2, 0.25) is 0 Å². The molecule has 0 unspecified atom stereocenters. The second-order valence-electron chi connectivity index (χ2n) is 5.79. The first-order valence-corrected chi connectivity index (χ1v) is 9.08. The monoisotopic (exact) mass is 349 g/mol. The molecular formula is C16H23N5O2S. The predicted octanol–water partition coefficient (Wildman–Crippen LogP) is 2.01. The minimum Gasteiger partial charge on any atom is -0.374 e. The van der Waals surface area contributed by atoms with E-state index < -0.39 is 0 Å². The smallest absolute Gasteiger partial charge is 0.266 e. The van der Waals surface area contributed by atoms with E-state index in [-0.39, 0.29) is 12.0 Å². The largest absolute Gasteiger partial charge is 0.374 e. The van der Waals surface area contributed by atoms with Crippen LogP contribution in [0, 0.1) is 6.92 Å². The summed E-state index contributed by atoms with van der Waals surface area (Å²) in [4.78, 5) is 20.0. The van der Waals surface area contributed by atoms with Crippen LogP contribution in [0.3, 0.4) is 0 Å². The number of hydrogen-bond acceptors (Lipinski definition) is 6. The highest BCUT2D eigenvalue weighted by Gasteiger charge is 2.26. The van der Waals surface area contributed by atoms with E-state index in [0.717, 1.165) is 23.8 Å². The summed E-state index contributed by atoms with van der Waals surface area (Å²) in [5, 5.41) is 8.20. The van der Waals surface area contributed by atoms with Crippen molar-refractivity contribution in [1.29, 1.82) is 0 Å². The van der Waals surface area contributed by atoms with Gasteiger partial charge < -0.3 is 15.0 Å². The fourth-order valence-electron chi connectivity index (χ4n) is 2.77. The van der Waals surface area contributed by atoms with Gasteiger partial charge in [0.15, 0.2) is 5.13 Å². The van der Waals surface area contributed by atoms with Gasteiger partial charge in [0.05, 0.1) is 18.3 Å². The van der Waals surface area contributed by atoms with Gasteiger partial charge in [-0.25, -0.2) is 4.98 Å². The fourth-order valence-corrected chi connectivity index (χ4v) is 3.77. The molecule has 1 fully saturated rings. The summed E-state index contributed by atoms with van der Waals surface area (Å²) in [6.07, 6.45) is 4.47. The van der Waals surface area contributed by atoms with Gasteiger partial charge in [-0.2, -0.15) is 5.10 Å². The zero-order chi connectivity index (χ0) is 16.9. The van der Waals surface area contributed by atoms with E-state index in [9.17, 15) is 4.79 Å². The highest BCUT2D eigenvalue weighted by atomic mass is 32.1. The van der Waals surface area contributed by atoms with Crippen molar-refractivity contribution in [2.24, 2.45) is 0 Å². The van der Waals surface area contributed by atoms with Crippen LogP contribution in [0.15, 0.2) is 18.5 Å². The molecule has 1 amide bonds. The van der Waals surface area contributed by atoms with Gasteiger partial charge in [0.25, 0.3) is 5.91 Å². The molecule has 8 heteroatoms. The Hall–Kier alpha value is -1.93. The third-order valence-electron chi connectivity index (χ3n) is 3.91. The predicted molar refractivity (Wildman–Crippen MR) is 93.5 cm³/mol. The van der Waals surface area contributed by atoms with Gasteiger partial charge in [-0.1, -0.05) is 11.3 Å². The van der Waals surface area contributed by atoms with Crippen LogP contribution in [-0.4, -0.2) is 57.9 Å². The highest BCUT2D eigenvalue weighted by molar-refractivity contribution is 7.17. The van der Waals surface area contributed by atoms with E-state index in [1.54, 1.807) is 6.20 Å². The fraction of sp³-hybridized carbons (Fsp3) is 0.562. The van der Waals surface area contributed by atoms with Crippen molar-refractivity contribution in [2.75, 3.05) is 31.6 Å². The maximum atomic E-state index is 12.9. The molecule has 0 radical (unpaired) electrons. The zero-order valence-corrected chi connectivity index (χ0v) is 14.9. The summed E-state index contributed by atoms with van der Waals surface area (Å²) in [7, 11) is 0. The number of nitrogens with zero attached hydrogens (tertiary/aromatic N) is 4. The summed E-state index contributed by atoms with van der Waals surface area (Å²) in [5.74, 6) is 0.0464. The lowest BCUT2D eigenvalue weighted by molar-refractivity contribution is 0.0368. The first-order valence-electron chi connectivity index (χ1n) is 8.27. The summed E-state index contributed by atoms with van der Waals surface area (Å²) >= 11 is 1.43. The molecule has 1 aliphatic rings. The van der Waals surface area contributed by atoms with Gasteiger partial charge in [-0.05, 0) is 26.3 Å². The third kappa shape index (κ3) is 3.93. The molecule has 1 atom stereocenters. The molecular weight excluding hydrogens is 326 g/mol. The average molecular weight is 349 g/mol. The Morgan fingerprint density at radius 3 is 3.17 bits per heavy atom. The normalized spacial score (nSPS) is 18.4. The molecule has 7 nitrogen and oxygen atoms in total. The van der Waals surface area contributed by atoms with Crippen LogP contribution >= 0.6 is 11.3 Å². The van der Waals surface area contributed by atoms with E-state index in [4.69, 9.17) is 4.74 Å². The molecule has 2 aromatic heterocycles. The Morgan fingerprint density at radius 2 is 2.42 bits per heavy atom. The van der Waals surface area contributed by atoms with Crippen LogP contribution in [-0.2, 0) is 11.3 Å². The number of carbonyl (C=O) groups excluding carboxylic acids is 1. The number of nitrogens with one attached hydrogen (secondary N) is 1. The molecule has 0 saturated carbocycles. The van der Waals surface area contributed by atoms with Crippen molar-refractivity contribution < 1.29 is 9.53 Å². The number of thiazole rings is 1.